The second-order valence-electron chi connectivity index (χ2n) is 27.8. The number of carbonyl (C=O) groups excluding carboxylic acids is 2. The lowest BCUT2D eigenvalue weighted by atomic mass is 9.86. The summed E-state index contributed by atoms with van der Waals surface area (Å²) in [5.41, 5.74) is 6.95. The molecular formula is C76H74Cl4F4N10O8S2. The first-order valence-corrected chi connectivity index (χ1v) is 39.1. The van der Waals surface area contributed by atoms with Gasteiger partial charge in [0, 0.05) is 113 Å². The van der Waals surface area contributed by atoms with Gasteiger partial charge in [-0.15, -0.1) is 0 Å². The van der Waals surface area contributed by atoms with Gasteiger partial charge >= 0.3 is 0 Å². The summed E-state index contributed by atoms with van der Waals surface area (Å²) in [6, 6.07) is 20.1. The lowest BCUT2D eigenvalue weighted by Crippen LogP contribution is -2.20. The zero-order valence-corrected chi connectivity index (χ0v) is 62.9. The van der Waals surface area contributed by atoms with Gasteiger partial charge in [-0.05, 0) is 176 Å². The van der Waals surface area contributed by atoms with Crippen LogP contribution >= 0.6 is 46.4 Å². The second-order valence-corrected chi connectivity index (χ2v) is 33.6. The molecule has 0 saturated carbocycles. The molecule has 0 bridgehead atoms. The van der Waals surface area contributed by atoms with Crippen LogP contribution in [0, 0.1) is 47.0 Å². The molecule has 12 rings (SSSR count). The monoisotopic (exact) mass is 1530 g/mol. The van der Waals surface area contributed by atoms with Gasteiger partial charge in [0.15, 0.2) is 36.4 Å². The quantitative estimate of drug-likeness (QED) is 0.0533. The molecule has 2 aliphatic rings. The maximum absolute atomic E-state index is 14.5. The van der Waals surface area contributed by atoms with Crippen molar-refractivity contribution in [2.45, 2.75) is 152 Å². The van der Waals surface area contributed by atoms with Crippen molar-refractivity contribution < 1.29 is 54.2 Å². The summed E-state index contributed by atoms with van der Waals surface area (Å²) >= 11 is 26.5. The molecule has 0 aliphatic heterocycles. The van der Waals surface area contributed by atoms with Crippen molar-refractivity contribution in [3.05, 3.63) is 196 Å². The van der Waals surface area contributed by atoms with E-state index in [2.05, 4.69) is 44.1 Å². The zero-order chi connectivity index (χ0) is 75.1. The SMILES string of the molecule is Cn1nc(CS(C)(=O)=O)c2c(Cl)ccc(-c3ccc(C#CC(C)(C)O)nc3[C@@H](CC(=O)Cn3nc(Cl)c4c3CCCC4)Cc3cc(F)cc(F)c3)c21.Cn1nc(CS(C)(=O)=O)c2c(Cl)ccc(-c3ccc(C#CC(C)(C)O)nc3[C@@H](CC(=O)Cn3nc4c(c3Cl)CCCC4)Cc3cc(F)cc(F)c3)c21. The number of sulfone groups is 2. The van der Waals surface area contributed by atoms with Crippen molar-refractivity contribution in [2.24, 2.45) is 14.1 Å². The minimum absolute atomic E-state index is 0.0214. The fourth-order valence-electron chi connectivity index (χ4n) is 13.6. The van der Waals surface area contributed by atoms with Gasteiger partial charge < -0.3 is 10.2 Å². The third-order valence-corrected chi connectivity index (χ3v) is 20.7. The lowest BCUT2D eigenvalue weighted by Gasteiger charge is -2.21. The van der Waals surface area contributed by atoms with Crippen molar-refractivity contribution >= 4 is 99.5 Å². The van der Waals surface area contributed by atoms with Crippen molar-refractivity contribution in [2.75, 3.05) is 12.5 Å². The van der Waals surface area contributed by atoms with Gasteiger partial charge in [0.1, 0.15) is 57.6 Å². The number of hydrogen-bond donors (Lipinski definition) is 2. The van der Waals surface area contributed by atoms with Crippen LogP contribution in [0.15, 0.2) is 84.9 Å². The fraction of sp³-hybridized carbons (Fsp3) is 0.368. The number of rotatable bonds is 20. The molecule has 544 valence electrons. The van der Waals surface area contributed by atoms with Gasteiger partial charge in [-0.3, -0.25) is 23.6 Å². The average molecular weight is 1540 g/mol. The highest BCUT2D eigenvalue weighted by Crippen LogP contribution is 2.43. The summed E-state index contributed by atoms with van der Waals surface area (Å²) in [4.78, 5) is 37.8. The molecule has 104 heavy (non-hydrogen) atoms. The van der Waals surface area contributed by atoms with Crippen LogP contribution in [0.1, 0.15) is 146 Å². The molecule has 0 spiro atoms. The Morgan fingerprint density at radius 3 is 1.37 bits per heavy atom. The van der Waals surface area contributed by atoms with E-state index >= 15 is 0 Å². The lowest BCUT2D eigenvalue weighted by molar-refractivity contribution is -0.121. The number of halogens is 8. The summed E-state index contributed by atoms with van der Waals surface area (Å²) in [5, 5.41) is 41.1. The number of aliphatic hydroxyl groups is 2. The van der Waals surface area contributed by atoms with Crippen LogP contribution in [0.25, 0.3) is 44.1 Å². The summed E-state index contributed by atoms with van der Waals surface area (Å²) in [6.45, 7) is 5.98. The van der Waals surface area contributed by atoms with Crippen LogP contribution in [0.5, 0.6) is 0 Å². The Balaban J connectivity index is 0.000000208. The number of pyridine rings is 2. The standard InChI is InChI=1S/2C38H37Cl2F2N5O4S/c1-38(2,49)14-13-26-9-10-28(29-11-12-31(39)34-32(21-52(4,50)51)44-46(3)36(29)34)35(43-26)23(15-22-16-24(41)19-25(42)17-22)18-27(48)20-47-33-8-6-5-7-30(33)37(40)45-47;1-38(2,49)14-13-26-9-10-28(29-11-12-31(39)34-33(21-52(4,50)51)44-46(3)36(29)34)35(43-26)23(15-22-16-24(41)19-25(42)17-22)18-27(48)20-47-37(40)30-7-5-6-8-32(30)45-47/h2*9-12,16-17,19,23,49H,5-8,15,18,20-21H2,1-4H3/t2*23-/m11/s1. The number of fused-ring (bicyclic) bond motifs is 4. The van der Waals surface area contributed by atoms with Gasteiger partial charge in [-0.1, -0.05) is 70.4 Å². The number of nitrogens with zero attached hydrogens (tertiary/aromatic N) is 10. The number of carbonyl (C=O) groups is 2. The van der Waals surface area contributed by atoms with Crippen molar-refractivity contribution in [1.29, 1.82) is 0 Å². The number of ketones is 2. The number of aryl methyl sites for hydroxylation is 3. The number of benzene rings is 4. The van der Waals surface area contributed by atoms with Gasteiger partial charge in [0.25, 0.3) is 0 Å². The Morgan fingerprint density at radius 1 is 0.538 bits per heavy atom. The maximum Gasteiger partial charge on any atom is 0.155 e. The minimum Gasteiger partial charge on any atom is -0.378 e. The molecule has 2 atom stereocenters. The molecule has 6 aromatic heterocycles. The molecule has 0 unspecified atom stereocenters. The molecular weight excluding hydrogens is 1460 g/mol. The largest absolute Gasteiger partial charge is 0.378 e. The minimum atomic E-state index is -3.48. The third-order valence-electron chi connectivity index (χ3n) is 17.8. The van der Waals surface area contributed by atoms with Gasteiger partial charge in [-0.2, -0.15) is 20.4 Å². The first-order valence-electron chi connectivity index (χ1n) is 33.5. The Kier molecular flexibility index (Phi) is 22.9. The predicted molar refractivity (Wildman–Crippen MR) is 394 cm³/mol. The first-order chi connectivity index (χ1) is 48.9. The highest BCUT2D eigenvalue weighted by molar-refractivity contribution is 7.90. The second kappa shape index (κ2) is 31.0. The summed E-state index contributed by atoms with van der Waals surface area (Å²) in [6.07, 6.45) is 9.12. The highest BCUT2D eigenvalue weighted by atomic mass is 35.5. The van der Waals surface area contributed by atoms with E-state index in [9.17, 15) is 54.2 Å². The Morgan fingerprint density at radius 2 is 0.942 bits per heavy atom. The topological polar surface area (TPSA) is 240 Å². The van der Waals surface area contributed by atoms with Gasteiger partial charge in [0.2, 0.25) is 0 Å². The Bertz CT molecular complexity index is 5400. The normalized spacial score (nSPS) is 13.9. The molecule has 2 N–H and O–H groups in total. The van der Waals surface area contributed by atoms with E-state index in [-0.39, 0.29) is 73.2 Å². The van der Waals surface area contributed by atoms with E-state index < -0.39 is 66.0 Å². The summed E-state index contributed by atoms with van der Waals surface area (Å²) < 4.78 is 114. The molecule has 0 fully saturated rings. The van der Waals surface area contributed by atoms with E-state index in [1.807, 2.05) is 0 Å². The molecule has 0 radical (unpaired) electrons. The Hall–Kier alpha value is -8.30. The van der Waals surface area contributed by atoms with E-state index in [1.165, 1.54) is 56.6 Å². The molecule has 2 aliphatic carbocycles. The van der Waals surface area contributed by atoms with Crippen LogP contribution in [0.2, 0.25) is 20.4 Å². The van der Waals surface area contributed by atoms with Crippen molar-refractivity contribution in [3.8, 4) is 45.9 Å². The molecule has 10 aromatic rings. The van der Waals surface area contributed by atoms with Crippen LogP contribution in [-0.2, 0) is 106 Å². The van der Waals surface area contributed by atoms with Crippen LogP contribution < -0.4 is 0 Å². The molecule has 18 nitrogen and oxygen atoms in total. The summed E-state index contributed by atoms with van der Waals surface area (Å²) in [5.74, 6) is 5.70. The van der Waals surface area contributed by atoms with Crippen molar-refractivity contribution in [3.63, 3.8) is 0 Å². The van der Waals surface area contributed by atoms with E-state index in [1.54, 1.807) is 76.7 Å². The van der Waals surface area contributed by atoms with E-state index in [0.717, 1.165) is 98.5 Å². The van der Waals surface area contributed by atoms with Gasteiger partial charge in [0.05, 0.1) is 67.6 Å². The predicted octanol–water partition coefficient (Wildman–Crippen LogP) is 13.9. The highest BCUT2D eigenvalue weighted by Gasteiger charge is 2.32. The number of hydrogen-bond acceptors (Lipinski definition) is 14. The van der Waals surface area contributed by atoms with Crippen LogP contribution in [0.4, 0.5) is 17.6 Å². The van der Waals surface area contributed by atoms with Crippen LogP contribution in [0.3, 0.4) is 0 Å². The maximum atomic E-state index is 14.5. The van der Waals surface area contributed by atoms with Gasteiger partial charge in [-0.25, -0.2) is 49.0 Å². The number of Topliss-reactive ketones (excluding diaryl/α,β-unsaturated/α-hetero) is 2. The molecule has 28 heteroatoms. The smallest absolute Gasteiger partial charge is 0.155 e. The summed E-state index contributed by atoms with van der Waals surface area (Å²) in [7, 11) is -3.60. The molecule has 0 amide bonds. The number of aromatic nitrogens is 10. The first kappa shape index (κ1) is 76.8. The molecule has 4 aromatic carbocycles. The molecule has 0 saturated heterocycles. The average Bonchev–Trinajstić information content (AvgIpc) is 1.60. The van der Waals surface area contributed by atoms with E-state index in [4.69, 9.17) is 56.4 Å². The Labute approximate surface area is 620 Å². The van der Waals surface area contributed by atoms with Crippen molar-refractivity contribution in [1.82, 2.24) is 49.1 Å². The van der Waals surface area contributed by atoms with Crippen LogP contribution in [-0.4, -0.2) is 111 Å². The fourth-order valence-corrected chi connectivity index (χ4v) is 16.2. The van der Waals surface area contributed by atoms with E-state index in [0.29, 0.717) is 98.3 Å². The zero-order valence-electron chi connectivity index (χ0n) is 58.2. The third kappa shape index (κ3) is 18.7. The molecule has 6 heterocycles.